The Morgan fingerprint density at radius 2 is 1.39 bits per heavy atom. The van der Waals surface area contributed by atoms with Crippen molar-refractivity contribution in [1.29, 1.82) is 0 Å². The highest BCUT2D eigenvalue weighted by Gasteiger charge is 2.55. The molecule has 0 bridgehead atoms. The predicted octanol–water partition coefficient (Wildman–Crippen LogP) is 1.73. The number of nitrogen functional groups attached to an aromatic ring is 2. The summed E-state index contributed by atoms with van der Waals surface area (Å²) in [7, 11) is 1.36. The summed E-state index contributed by atoms with van der Waals surface area (Å²) >= 11 is 10.8. The van der Waals surface area contributed by atoms with E-state index in [-0.39, 0.29) is 92.3 Å². The third kappa shape index (κ3) is 18.7. The Bertz CT molecular complexity index is 3650. The highest BCUT2D eigenvalue weighted by Crippen LogP contribution is 2.55. The summed E-state index contributed by atoms with van der Waals surface area (Å²) < 4.78 is 71.2. The fourth-order valence-corrected chi connectivity index (χ4v) is 12.7. The molecule has 41 heteroatoms. The molecule has 3 fully saturated rings. The molecule has 5 aromatic rings. The van der Waals surface area contributed by atoms with Crippen molar-refractivity contribution >= 4 is 124 Å². The van der Waals surface area contributed by atoms with E-state index in [1.807, 2.05) is 0 Å². The molecule has 0 spiro atoms. The number of carbonyl (C=O) groups excluding carboxylic acids is 7. The Morgan fingerprint density at radius 3 is 1.99 bits per heavy atom. The van der Waals surface area contributed by atoms with Crippen LogP contribution >= 0.6 is 13.4 Å². The second-order valence-corrected chi connectivity index (χ2v) is 27.5. The number of likely N-dealkylation sites (N-methyl/N-ethyl adjacent to an activating group) is 1. The number of rotatable bonds is 25. The molecule has 36 nitrogen and oxygen atoms in total. The molecule has 13 N–H and O–H groups in total. The number of nitrogens with one attached hydrogen (secondary N) is 4. The van der Waals surface area contributed by atoms with E-state index < -0.39 is 154 Å². The van der Waals surface area contributed by atoms with Gasteiger partial charge in [-0.15, -0.1) is 0 Å². The smallest absolute Gasteiger partial charge is 0.481 e. The maximum Gasteiger partial charge on any atom is 0.508 e. The fraction of sp³-hybridized carbons (Fsp3) is 0.538. The monoisotopic (exact) mass is 1380 g/mol. The van der Waals surface area contributed by atoms with Crippen LogP contribution in [0.2, 0.25) is 0 Å². The summed E-state index contributed by atoms with van der Waals surface area (Å²) in [6.45, 7) is -6.61. The number of ketones is 1. The highest BCUT2D eigenvalue weighted by atomic mass is 32.5. The first-order chi connectivity index (χ1) is 44.1. The quantitative estimate of drug-likeness (QED) is 0.0226. The number of carbonyl (C=O) groups is 8. The van der Waals surface area contributed by atoms with Crippen molar-refractivity contribution < 1.29 is 99.4 Å². The van der Waals surface area contributed by atoms with E-state index in [2.05, 4.69) is 51.2 Å². The third-order valence-corrected chi connectivity index (χ3v) is 17.8. The molecule has 8 rings (SSSR count). The number of ether oxygens (including phenoxy) is 5. The van der Waals surface area contributed by atoms with Gasteiger partial charge < -0.3 is 91.0 Å². The first kappa shape index (κ1) is 71.0. The zero-order valence-electron chi connectivity index (χ0n) is 50.2. The van der Waals surface area contributed by atoms with Gasteiger partial charge in [0.15, 0.2) is 53.4 Å². The summed E-state index contributed by atoms with van der Waals surface area (Å²) in [5.74, 6) is -5.54. The van der Waals surface area contributed by atoms with Crippen LogP contribution in [0.3, 0.4) is 0 Å². The lowest BCUT2D eigenvalue weighted by Crippen LogP contribution is -2.46. The minimum absolute atomic E-state index is 0.00384. The average molecular weight is 1380 g/mol. The van der Waals surface area contributed by atoms with Gasteiger partial charge in [0.05, 0.1) is 44.4 Å². The topological polar surface area (TPSA) is 497 Å². The van der Waals surface area contributed by atoms with Crippen molar-refractivity contribution in [3.63, 3.8) is 0 Å². The maximum absolute atomic E-state index is 16.5. The summed E-state index contributed by atoms with van der Waals surface area (Å²) in [5, 5.41) is 19.4. The molecular formula is C52H69FN16O20P2S2. The lowest BCUT2D eigenvalue weighted by Gasteiger charge is -2.30. The minimum atomic E-state index is -4.51. The lowest BCUT2D eigenvalue weighted by atomic mass is 9.89. The summed E-state index contributed by atoms with van der Waals surface area (Å²) in [6.07, 6.45) is -10.9. The lowest BCUT2D eigenvalue weighted by molar-refractivity contribution is -0.143. The standard InChI is InChI=1S/C52H69FN16O20P2S2/c1-25(2)36(66-33(71)11-13-57-34(72)16-26(3)49(74)75)30(70)17-28(6-5-12-58-50(56)76)46(73)65-29-9-7-27(8-10-29)18-82-51(77)67(4)14-15-81-52(78)87-41-40-32(86-48(41)69-24-64-38-43(55)60-22-62-45(38)69)20-84-90(79,92)88-39-31(19-83-91(80,93)89-40)85-47(35(39)53)68-23-63-37-42(54)59-21-61-44(37)68/h7-10,21-26,28,31-32,35-36,39-41,47-48H,5-6,11-20H2,1-4H3,(H,57,72)(H,65,73)(H,66,71)(H,74,75)(H,79,92)(H,80,93)(H2,54,59,61)(H2,55,60,62)(H3,56,58,76)/t26?,28-,31-,32-,35-,36+,39-,40-,41-,47-,48-,90?,91?/m1/s1. The molecule has 3 unspecified atom stereocenters. The predicted molar refractivity (Wildman–Crippen MR) is 327 cm³/mol. The Hall–Kier alpha value is -7.81. The average Bonchev–Trinajstić information content (AvgIpc) is 1.62. The van der Waals surface area contributed by atoms with Gasteiger partial charge in [0, 0.05) is 51.0 Å². The van der Waals surface area contributed by atoms with Gasteiger partial charge >= 0.3 is 37.7 Å². The van der Waals surface area contributed by atoms with E-state index >= 15 is 4.39 Å². The molecule has 7 heterocycles. The van der Waals surface area contributed by atoms with Crippen LogP contribution in [-0.4, -0.2) is 196 Å². The van der Waals surface area contributed by atoms with E-state index in [1.165, 1.54) is 47.9 Å². The van der Waals surface area contributed by atoms with E-state index in [0.717, 1.165) is 17.6 Å². The van der Waals surface area contributed by atoms with Crippen molar-refractivity contribution in [2.45, 2.75) is 115 Å². The molecule has 3 saturated heterocycles. The minimum Gasteiger partial charge on any atom is -0.481 e. The van der Waals surface area contributed by atoms with E-state index in [0.29, 0.717) is 11.3 Å². The van der Waals surface area contributed by atoms with Crippen molar-refractivity contribution in [3.8, 4) is 0 Å². The molecule has 13 atom stereocenters. The number of nitrogens with zero attached hydrogens (tertiary/aromatic N) is 9. The van der Waals surface area contributed by atoms with Crippen molar-refractivity contribution in [2.75, 3.05) is 63.3 Å². The van der Waals surface area contributed by atoms with Crippen LogP contribution in [0.15, 0.2) is 49.6 Å². The Labute approximate surface area is 538 Å². The number of fused-ring (bicyclic) bond motifs is 4. The Balaban J connectivity index is 0.858. The number of nitrogens with two attached hydrogens (primary N) is 3. The van der Waals surface area contributed by atoms with E-state index in [9.17, 15) is 48.1 Å². The van der Waals surface area contributed by atoms with Gasteiger partial charge in [0.2, 0.25) is 17.7 Å². The number of carboxylic acids is 1. The first-order valence-corrected chi connectivity index (χ1v) is 33.8. The van der Waals surface area contributed by atoms with Crippen LogP contribution in [0.5, 0.6) is 0 Å². The van der Waals surface area contributed by atoms with Gasteiger partial charge in [-0.25, -0.2) is 48.7 Å². The molecular weight excluding hydrogens is 1310 g/mol. The van der Waals surface area contributed by atoms with Crippen LogP contribution in [-0.2, 0) is 96.0 Å². The van der Waals surface area contributed by atoms with Gasteiger partial charge in [-0.2, -0.15) is 0 Å². The van der Waals surface area contributed by atoms with Crippen LogP contribution in [0.4, 0.5) is 36.1 Å². The number of benzene rings is 1. The number of alkyl halides is 1. The number of urea groups is 1. The third-order valence-electron chi connectivity index (χ3n) is 14.7. The zero-order valence-corrected chi connectivity index (χ0v) is 53.6. The molecule has 0 aliphatic carbocycles. The molecule has 506 valence electrons. The van der Waals surface area contributed by atoms with E-state index in [1.54, 1.807) is 26.0 Å². The molecule has 1 aromatic carbocycles. The van der Waals surface area contributed by atoms with Crippen LogP contribution in [0.1, 0.15) is 70.9 Å². The number of hydrogen-bond donors (Lipinski definition) is 10. The zero-order chi connectivity index (χ0) is 67.5. The van der Waals surface area contributed by atoms with Crippen LogP contribution < -0.4 is 38.5 Å². The number of Topliss-reactive ketones (excluding diaryl/α,β-unsaturated/α-hetero) is 1. The SMILES string of the molecule is CC(CC(=O)NCCC(=O)N[C@H](C(=O)C[C@@H](CCCNC(N)=O)C(=O)Nc1ccc(COC(=O)N(C)CCOC(=O)O[C@@H]2[C@@H]3OP(O)(=S)OC[C@H]4O[C@@H](n5cnc6c(N)ncnc65)[C@H](F)[C@@H]4OP(O)(=S)OC[C@H]3O[C@H]2n2cnc3c(N)ncnc32)cc1)C(C)C)C(=O)O. The van der Waals surface area contributed by atoms with Gasteiger partial charge in [-0.05, 0) is 60.1 Å². The van der Waals surface area contributed by atoms with Gasteiger partial charge in [-0.3, -0.25) is 42.2 Å². The molecule has 3 aliphatic rings. The highest BCUT2D eigenvalue weighted by molar-refractivity contribution is 8.07. The number of aromatic nitrogens is 8. The number of aliphatic carboxylic acids is 1. The molecule has 6 amide bonds. The largest absolute Gasteiger partial charge is 0.508 e. The van der Waals surface area contributed by atoms with Crippen molar-refractivity contribution in [3.05, 3.63) is 55.1 Å². The maximum atomic E-state index is 16.5. The summed E-state index contributed by atoms with van der Waals surface area (Å²) in [4.78, 5) is 150. The molecule has 0 saturated carbocycles. The molecule has 93 heavy (non-hydrogen) atoms. The number of carboxylic acid groups (broad SMARTS) is 1. The number of primary amides is 1. The molecule has 3 aliphatic heterocycles. The van der Waals surface area contributed by atoms with Crippen LogP contribution in [0, 0.1) is 17.8 Å². The van der Waals surface area contributed by atoms with Crippen molar-refractivity contribution in [2.24, 2.45) is 23.5 Å². The number of imidazole rings is 2. The van der Waals surface area contributed by atoms with Crippen LogP contribution in [0.25, 0.3) is 22.3 Å². The van der Waals surface area contributed by atoms with E-state index in [4.69, 9.17) is 87.7 Å². The normalized spacial score (nSPS) is 24.8. The number of anilines is 3. The fourth-order valence-electron chi connectivity index (χ4n) is 9.87. The second kappa shape index (κ2) is 31.4. The number of amides is 6. The number of halogens is 1. The summed E-state index contributed by atoms with van der Waals surface area (Å²) in [5.41, 5.74) is 18.4. The molecule has 4 aromatic heterocycles. The number of hydrogen-bond acceptors (Lipinski definition) is 27. The van der Waals surface area contributed by atoms with Gasteiger partial charge in [-0.1, -0.05) is 32.9 Å². The Morgan fingerprint density at radius 1 is 0.796 bits per heavy atom. The second-order valence-electron chi connectivity index (χ2n) is 21.9. The Kier molecular flexibility index (Phi) is 24.0. The molecule has 0 radical (unpaired) electrons. The summed E-state index contributed by atoms with van der Waals surface area (Å²) in [6, 6.07) is 4.41. The van der Waals surface area contributed by atoms with Gasteiger partial charge in [0.25, 0.3) is 0 Å². The van der Waals surface area contributed by atoms with Crippen molar-refractivity contribution in [1.82, 2.24) is 59.9 Å². The first-order valence-electron chi connectivity index (χ1n) is 28.7. The van der Waals surface area contributed by atoms with Gasteiger partial charge in [0.1, 0.15) is 61.3 Å².